The van der Waals surface area contributed by atoms with Crippen molar-refractivity contribution in [3.8, 4) is 0 Å². The maximum atomic E-state index is 10.7. The summed E-state index contributed by atoms with van der Waals surface area (Å²) < 4.78 is 0. The van der Waals surface area contributed by atoms with E-state index in [1.165, 1.54) is 17.3 Å². The number of aliphatic carboxylic acids is 1. The van der Waals surface area contributed by atoms with Crippen molar-refractivity contribution in [2.75, 3.05) is 6.54 Å². The van der Waals surface area contributed by atoms with E-state index in [4.69, 9.17) is 5.11 Å². The lowest BCUT2D eigenvalue weighted by Gasteiger charge is -2.13. The van der Waals surface area contributed by atoms with Crippen LogP contribution in [0.5, 0.6) is 0 Å². The number of hydrogen-bond donors (Lipinski definition) is 2. The first-order valence-corrected chi connectivity index (χ1v) is 6.65. The molecule has 0 radical (unpaired) electrons. The van der Waals surface area contributed by atoms with Gasteiger partial charge < -0.3 is 10.4 Å². The Morgan fingerprint density at radius 3 is 2.41 bits per heavy atom. The molecule has 0 aliphatic rings. The molecule has 0 aromatic heterocycles. The highest BCUT2D eigenvalue weighted by Gasteiger charge is 2.12. The van der Waals surface area contributed by atoms with Gasteiger partial charge in [-0.3, -0.25) is 4.79 Å². The summed E-state index contributed by atoms with van der Waals surface area (Å²) in [4.78, 5) is 11.7. The van der Waals surface area contributed by atoms with Crippen molar-refractivity contribution in [2.45, 2.75) is 37.0 Å². The molecule has 1 aromatic carbocycles. The van der Waals surface area contributed by atoms with Crippen LogP contribution in [0.2, 0.25) is 0 Å². The lowest BCUT2D eigenvalue weighted by atomic mass is 10.1. The van der Waals surface area contributed by atoms with Crippen molar-refractivity contribution >= 4 is 17.7 Å². The zero-order chi connectivity index (χ0) is 12.8. The van der Waals surface area contributed by atoms with Crippen molar-refractivity contribution in [1.82, 2.24) is 5.32 Å². The molecule has 0 bridgehead atoms. The van der Waals surface area contributed by atoms with Gasteiger partial charge in [0.2, 0.25) is 0 Å². The molecule has 94 valence electrons. The average molecular weight is 253 g/mol. The number of carboxylic acids is 1. The molecule has 2 unspecified atom stereocenters. The predicted octanol–water partition coefficient (Wildman–Crippen LogP) is 2.92. The smallest absolute Gasteiger partial charge is 0.316 e. The third-order valence-corrected chi connectivity index (χ3v) is 3.65. The first kappa shape index (κ1) is 14.1. The van der Waals surface area contributed by atoms with E-state index < -0.39 is 11.2 Å². The van der Waals surface area contributed by atoms with Gasteiger partial charge in [0.05, 0.1) is 0 Å². The van der Waals surface area contributed by atoms with E-state index in [1.54, 1.807) is 6.92 Å². The largest absolute Gasteiger partial charge is 0.480 e. The molecular weight excluding hydrogens is 234 g/mol. The zero-order valence-electron chi connectivity index (χ0n) is 10.4. The van der Waals surface area contributed by atoms with Crippen molar-refractivity contribution in [3.63, 3.8) is 0 Å². The summed E-state index contributed by atoms with van der Waals surface area (Å²) in [6.07, 6.45) is 0. The second-order valence-corrected chi connectivity index (χ2v) is 5.36. The Balaban J connectivity index is 2.64. The van der Waals surface area contributed by atoms with Gasteiger partial charge in [-0.2, -0.15) is 0 Å². The number of hydrogen-bond acceptors (Lipinski definition) is 3. The fourth-order valence-corrected chi connectivity index (χ4v) is 2.32. The van der Waals surface area contributed by atoms with Gasteiger partial charge in [0.25, 0.3) is 0 Å². The van der Waals surface area contributed by atoms with Crippen LogP contribution < -0.4 is 5.32 Å². The van der Waals surface area contributed by atoms with Crippen LogP contribution in [-0.2, 0) is 4.79 Å². The molecule has 0 saturated heterocycles. The van der Waals surface area contributed by atoms with E-state index in [0.717, 1.165) is 11.4 Å². The van der Waals surface area contributed by atoms with Crippen LogP contribution in [0, 0.1) is 0 Å². The van der Waals surface area contributed by atoms with E-state index in [0.29, 0.717) is 6.04 Å². The molecule has 0 saturated carbocycles. The Morgan fingerprint density at radius 1 is 1.35 bits per heavy atom. The van der Waals surface area contributed by atoms with Crippen molar-refractivity contribution in [1.29, 1.82) is 0 Å². The minimum atomic E-state index is -0.778. The number of carboxylic acid groups (broad SMARTS) is 1. The molecule has 4 heteroatoms. The second-order valence-electron chi connectivity index (χ2n) is 3.95. The van der Waals surface area contributed by atoms with E-state index in [2.05, 4.69) is 19.2 Å². The van der Waals surface area contributed by atoms with Gasteiger partial charge in [-0.1, -0.05) is 19.1 Å². The Hall–Kier alpha value is -1.00. The van der Waals surface area contributed by atoms with Crippen LogP contribution >= 0.6 is 11.8 Å². The van der Waals surface area contributed by atoms with Gasteiger partial charge in [0.15, 0.2) is 0 Å². The third-order valence-electron chi connectivity index (χ3n) is 2.55. The molecular formula is C13H19NO2S. The Labute approximate surface area is 107 Å². The van der Waals surface area contributed by atoms with Crippen LogP contribution in [0.3, 0.4) is 0 Å². The molecule has 17 heavy (non-hydrogen) atoms. The quantitative estimate of drug-likeness (QED) is 0.765. The van der Waals surface area contributed by atoms with E-state index in [9.17, 15) is 4.79 Å². The molecule has 1 rings (SSSR count). The molecule has 2 N–H and O–H groups in total. The molecule has 2 atom stereocenters. The van der Waals surface area contributed by atoms with Crippen LogP contribution in [0.4, 0.5) is 0 Å². The monoisotopic (exact) mass is 253 g/mol. The first-order valence-electron chi connectivity index (χ1n) is 5.77. The zero-order valence-corrected chi connectivity index (χ0v) is 11.3. The first-order chi connectivity index (χ1) is 8.04. The van der Waals surface area contributed by atoms with Crippen molar-refractivity contribution < 1.29 is 9.90 Å². The average Bonchev–Trinajstić information content (AvgIpc) is 2.30. The summed E-state index contributed by atoms with van der Waals surface area (Å²) in [5.74, 6) is -0.778. The topological polar surface area (TPSA) is 49.3 Å². The van der Waals surface area contributed by atoms with Crippen LogP contribution in [0.25, 0.3) is 0 Å². The maximum absolute atomic E-state index is 10.7. The molecule has 0 heterocycles. The van der Waals surface area contributed by atoms with Crippen molar-refractivity contribution in [3.05, 3.63) is 29.8 Å². The maximum Gasteiger partial charge on any atom is 0.316 e. The fraction of sp³-hybridized carbons (Fsp3) is 0.462. The van der Waals surface area contributed by atoms with Crippen LogP contribution in [0.1, 0.15) is 32.4 Å². The van der Waals surface area contributed by atoms with Gasteiger partial charge in [0.1, 0.15) is 5.25 Å². The minimum absolute atomic E-state index is 0.330. The number of thioether (sulfide) groups is 1. The molecule has 0 aliphatic heterocycles. The van der Waals surface area contributed by atoms with Gasteiger partial charge in [0, 0.05) is 10.9 Å². The number of nitrogens with one attached hydrogen (secondary N) is 1. The third kappa shape index (κ3) is 4.40. The van der Waals surface area contributed by atoms with E-state index >= 15 is 0 Å². The minimum Gasteiger partial charge on any atom is -0.480 e. The number of benzene rings is 1. The van der Waals surface area contributed by atoms with Gasteiger partial charge >= 0.3 is 5.97 Å². The van der Waals surface area contributed by atoms with Gasteiger partial charge in [-0.25, -0.2) is 0 Å². The van der Waals surface area contributed by atoms with Crippen LogP contribution in [0.15, 0.2) is 29.2 Å². The van der Waals surface area contributed by atoms with Crippen LogP contribution in [-0.4, -0.2) is 22.9 Å². The van der Waals surface area contributed by atoms with Gasteiger partial charge in [-0.15, -0.1) is 11.8 Å². The number of carbonyl (C=O) groups is 1. The molecule has 0 aliphatic carbocycles. The normalized spacial score (nSPS) is 14.3. The fourth-order valence-electron chi connectivity index (χ4n) is 1.51. The van der Waals surface area contributed by atoms with Gasteiger partial charge in [-0.05, 0) is 38.1 Å². The highest BCUT2D eigenvalue weighted by Crippen LogP contribution is 2.24. The molecule has 0 spiro atoms. The summed E-state index contributed by atoms with van der Waals surface area (Å²) in [5.41, 5.74) is 1.22. The summed E-state index contributed by atoms with van der Waals surface area (Å²) in [5, 5.41) is 11.8. The predicted molar refractivity (Wildman–Crippen MR) is 71.5 cm³/mol. The molecule has 1 aromatic rings. The summed E-state index contributed by atoms with van der Waals surface area (Å²) in [6.45, 7) is 6.83. The Bertz CT molecular complexity index is 364. The summed E-state index contributed by atoms with van der Waals surface area (Å²) >= 11 is 1.37. The Morgan fingerprint density at radius 2 is 1.94 bits per heavy atom. The van der Waals surface area contributed by atoms with E-state index in [1.807, 2.05) is 24.3 Å². The Kier molecular flexibility index (Phi) is 5.51. The lowest BCUT2D eigenvalue weighted by molar-refractivity contribution is -0.136. The van der Waals surface area contributed by atoms with Crippen molar-refractivity contribution in [2.24, 2.45) is 0 Å². The second kappa shape index (κ2) is 6.67. The lowest BCUT2D eigenvalue weighted by Crippen LogP contribution is -2.17. The SMILES string of the molecule is CCNC(C)c1ccc(SC(C)C(=O)O)cc1. The summed E-state index contributed by atoms with van der Waals surface area (Å²) in [6, 6.07) is 8.38. The number of rotatable bonds is 6. The van der Waals surface area contributed by atoms with E-state index in [-0.39, 0.29) is 0 Å². The highest BCUT2D eigenvalue weighted by atomic mass is 32.2. The summed E-state index contributed by atoms with van der Waals surface area (Å²) in [7, 11) is 0. The molecule has 0 fully saturated rings. The highest BCUT2D eigenvalue weighted by molar-refractivity contribution is 8.00. The molecule has 0 amide bonds. The standard InChI is InChI=1S/C13H19NO2S/c1-4-14-9(2)11-5-7-12(8-6-11)17-10(3)13(15)16/h5-10,14H,4H2,1-3H3,(H,15,16). The molecule has 3 nitrogen and oxygen atoms in total.